The minimum Gasteiger partial charge on any atom is -0.490 e. The van der Waals surface area contributed by atoms with Gasteiger partial charge in [0.2, 0.25) is 0 Å². The van der Waals surface area contributed by atoms with Crippen molar-refractivity contribution in [1.82, 2.24) is 0 Å². The van der Waals surface area contributed by atoms with E-state index in [9.17, 15) is 5.11 Å². The highest BCUT2D eigenvalue weighted by Crippen LogP contribution is 2.33. The number of aliphatic hydroxyl groups is 1. The molecule has 0 radical (unpaired) electrons. The fourth-order valence-electron chi connectivity index (χ4n) is 1.80. The molecular formula is C12H18N2O2. The zero-order valence-electron chi connectivity index (χ0n) is 9.73. The van der Waals surface area contributed by atoms with Gasteiger partial charge in [-0.05, 0) is 24.6 Å². The minimum atomic E-state index is -0.701. The van der Waals surface area contributed by atoms with Gasteiger partial charge in [-0.2, -0.15) is 0 Å². The van der Waals surface area contributed by atoms with E-state index in [1.165, 1.54) is 0 Å². The summed E-state index contributed by atoms with van der Waals surface area (Å²) in [5.74, 6) is 0.881. The van der Waals surface area contributed by atoms with E-state index in [2.05, 4.69) is 4.90 Å². The molecule has 1 aromatic rings. The lowest BCUT2D eigenvalue weighted by molar-refractivity contribution is 0.210. The van der Waals surface area contributed by atoms with Crippen molar-refractivity contribution >= 4 is 5.69 Å². The summed E-state index contributed by atoms with van der Waals surface area (Å²) in [4.78, 5) is 2.13. The number of hydrogen-bond donors (Lipinski definition) is 2. The van der Waals surface area contributed by atoms with Gasteiger partial charge in [-0.1, -0.05) is 6.07 Å². The summed E-state index contributed by atoms with van der Waals surface area (Å²) in [6.45, 7) is 3.33. The molecule has 0 amide bonds. The number of aliphatic hydroxyl groups excluding tert-OH is 1. The van der Waals surface area contributed by atoms with Crippen LogP contribution in [0.2, 0.25) is 0 Å². The van der Waals surface area contributed by atoms with Crippen LogP contribution >= 0.6 is 0 Å². The third-order valence-electron chi connectivity index (χ3n) is 3.04. The normalized spacial score (nSPS) is 18.6. The first-order valence-electron chi connectivity index (χ1n) is 5.43. The fraction of sp³-hybridized carbons (Fsp3) is 0.500. The molecule has 0 aromatic heterocycles. The molecule has 0 bridgehead atoms. The van der Waals surface area contributed by atoms with Gasteiger partial charge in [0.1, 0.15) is 12.4 Å². The van der Waals surface area contributed by atoms with Gasteiger partial charge in [-0.25, -0.2) is 0 Å². The number of likely N-dealkylation sites (N-methyl/N-ethyl adjacent to an activating group) is 1. The lowest BCUT2D eigenvalue weighted by Gasteiger charge is -2.30. The molecular weight excluding hydrogens is 204 g/mol. The van der Waals surface area contributed by atoms with E-state index in [1.54, 1.807) is 0 Å². The lowest BCUT2D eigenvalue weighted by Crippen LogP contribution is -2.37. The Hall–Kier alpha value is -1.26. The Morgan fingerprint density at radius 2 is 2.31 bits per heavy atom. The van der Waals surface area contributed by atoms with Crippen molar-refractivity contribution in [2.75, 3.05) is 31.7 Å². The highest BCUT2D eigenvalue weighted by atomic mass is 16.5. The highest BCUT2D eigenvalue weighted by molar-refractivity contribution is 5.61. The van der Waals surface area contributed by atoms with Crippen molar-refractivity contribution in [2.45, 2.75) is 12.5 Å². The van der Waals surface area contributed by atoms with Crippen LogP contribution in [0.3, 0.4) is 0 Å². The molecule has 4 nitrogen and oxygen atoms in total. The van der Waals surface area contributed by atoms with E-state index < -0.39 is 5.54 Å². The van der Waals surface area contributed by atoms with E-state index in [1.807, 2.05) is 32.2 Å². The quantitative estimate of drug-likeness (QED) is 0.772. The summed E-state index contributed by atoms with van der Waals surface area (Å²) in [5, 5.41) is 9.25. The smallest absolute Gasteiger partial charge is 0.142 e. The maximum Gasteiger partial charge on any atom is 0.142 e. The number of ether oxygens (including phenoxy) is 1. The number of fused-ring (bicyclic) bond motifs is 1. The Bertz CT molecular complexity index is 391. The molecule has 3 N–H and O–H groups in total. The molecule has 1 aliphatic rings. The molecule has 0 spiro atoms. The number of nitrogens with two attached hydrogens (primary N) is 1. The predicted molar refractivity (Wildman–Crippen MR) is 63.8 cm³/mol. The van der Waals surface area contributed by atoms with Gasteiger partial charge >= 0.3 is 0 Å². The summed E-state index contributed by atoms with van der Waals surface area (Å²) in [6, 6.07) is 5.82. The molecule has 16 heavy (non-hydrogen) atoms. The average Bonchev–Trinajstić information content (AvgIpc) is 2.29. The van der Waals surface area contributed by atoms with Gasteiger partial charge in [0.15, 0.2) is 0 Å². The number of anilines is 1. The Labute approximate surface area is 95.6 Å². The summed E-state index contributed by atoms with van der Waals surface area (Å²) in [5.41, 5.74) is 7.26. The van der Waals surface area contributed by atoms with Gasteiger partial charge in [0.25, 0.3) is 0 Å². The fourth-order valence-corrected chi connectivity index (χ4v) is 1.80. The zero-order chi connectivity index (χ0) is 11.8. The Balaban J connectivity index is 2.41. The van der Waals surface area contributed by atoms with Crippen molar-refractivity contribution in [3.05, 3.63) is 23.8 Å². The summed E-state index contributed by atoms with van der Waals surface area (Å²) in [6.07, 6.45) is 0. The van der Waals surface area contributed by atoms with Crippen LogP contribution in [0.25, 0.3) is 0 Å². The molecule has 1 unspecified atom stereocenters. The number of hydrogen-bond acceptors (Lipinski definition) is 4. The average molecular weight is 222 g/mol. The van der Waals surface area contributed by atoms with Crippen LogP contribution < -0.4 is 15.4 Å². The molecule has 0 fully saturated rings. The van der Waals surface area contributed by atoms with E-state index in [4.69, 9.17) is 10.5 Å². The zero-order valence-corrected chi connectivity index (χ0v) is 9.73. The van der Waals surface area contributed by atoms with E-state index in [0.717, 1.165) is 23.5 Å². The Morgan fingerprint density at radius 1 is 1.56 bits per heavy atom. The van der Waals surface area contributed by atoms with Crippen LogP contribution in [0, 0.1) is 0 Å². The molecule has 0 aliphatic carbocycles. The minimum absolute atomic E-state index is 0.0731. The standard InChI is InChI=1S/C12H18N2O2/c1-12(13,8-15)9-3-4-11-10(7-9)14(2)5-6-16-11/h3-4,7,15H,5-6,8,13H2,1-2H3. The molecule has 1 aromatic carbocycles. The molecule has 0 saturated carbocycles. The highest BCUT2D eigenvalue weighted by Gasteiger charge is 2.23. The SMILES string of the molecule is CN1CCOc2ccc(C(C)(N)CO)cc21. The first kappa shape index (κ1) is 11.2. The lowest BCUT2D eigenvalue weighted by atomic mass is 9.93. The van der Waals surface area contributed by atoms with Crippen LogP contribution in [-0.2, 0) is 5.54 Å². The van der Waals surface area contributed by atoms with Crippen molar-refractivity contribution in [2.24, 2.45) is 5.73 Å². The Kier molecular flexibility index (Phi) is 2.78. The van der Waals surface area contributed by atoms with E-state index >= 15 is 0 Å². The van der Waals surface area contributed by atoms with Crippen LogP contribution in [-0.4, -0.2) is 31.9 Å². The van der Waals surface area contributed by atoms with E-state index in [0.29, 0.717) is 6.61 Å². The largest absolute Gasteiger partial charge is 0.490 e. The molecule has 88 valence electrons. The van der Waals surface area contributed by atoms with Gasteiger partial charge < -0.3 is 20.5 Å². The van der Waals surface area contributed by atoms with Gasteiger partial charge in [-0.15, -0.1) is 0 Å². The maximum absolute atomic E-state index is 9.25. The number of rotatable bonds is 2. The second-order valence-electron chi connectivity index (χ2n) is 4.53. The van der Waals surface area contributed by atoms with Crippen molar-refractivity contribution < 1.29 is 9.84 Å². The van der Waals surface area contributed by atoms with E-state index in [-0.39, 0.29) is 6.61 Å². The van der Waals surface area contributed by atoms with Crippen molar-refractivity contribution in [3.8, 4) is 5.75 Å². The van der Waals surface area contributed by atoms with Gasteiger partial charge in [0.05, 0.1) is 24.4 Å². The van der Waals surface area contributed by atoms with Crippen molar-refractivity contribution in [3.63, 3.8) is 0 Å². The van der Waals surface area contributed by atoms with Crippen molar-refractivity contribution in [1.29, 1.82) is 0 Å². The van der Waals surface area contributed by atoms with Crippen LogP contribution in [0.1, 0.15) is 12.5 Å². The molecule has 0 saturated heterocycles. The predicted octanol–water partition coefficient (Wildman–Crippen LogP) is 0.681. The first-order chi connectivity index (χ1) is 7.54. The topological polar surface area (TPSA) is 58.7 Å². The van der Waals surface area contributed by atoms with Crippen LogP contribution in [0.15, 0.2) is 18.2 Å². The number of nitrogens with zero attached hydrogens (tertiary/aromatic N) is 1. The summed E-state index contributed by atoms with van der Waals surface area (Å²) >= 11 is 0. The summed E-state index contributed by atoms with van der Waals surface area (Å²) in [7, 11) is 2.03. The van der Waals surface area contributed by atoms with Gasteiger partial charge in [0, 0.05) is 7.05 Å². The summed E-state index contributed by atoms with van der Waals surface area (Å²) < 4.78 is 5.55. The molecule has 4 heteroatoms. The Morgan fingerprint density at radius 3 is 3.00 bits per heavy atom. The third-order valence-corrected chi connectivity index (χ3v) is 3.04. The van der Waals surface area contributed by atoms with Crippen LogP contribution in [0.4, 0.5) is 5.69 Å². The second kappa shape index (κ2) is 3.96. The molecule has 1 heterocycles. The maximum atomic E-state index is 9.25. The monoisotopic (exact) mass is 222 g/mol. The number of benzene rings is 1. The molecule has 1 atom stereocenters. The molecule has 2 rings (SSSR count). The first-order valence-corrected chi connectivity index (χ1v) is 5.43. The van der Waals surface area contributed by atoms with Crippen LogP contribution in [0.5, 0.6) is 5.75 Å². The van der Waals surface area contributed by atoms with Gasteiger partial charge in [-0.3, -0.25) is 0 Å². The third kappa shape index (κ3) is 1.86. The second-order valence-corrected chi connectivity index (χ2v) is 4.53. The molecule has 1 aliphatic heterocycles.